The quantitative estimate of drug-likeness (QED) is 0.516. The Hall–Kier alpha value is -2.34. The van der Waals surface area contributed by atoms with Crippen LogP contribution in [-0.4, -0.2) is 29.9 Å². The van der Waals surface area contributed by atoms with Crippen molar-refractivity contribution in [2.45, 2.75) is 32.6 Å². The van der Waals surface area contributed by atoms with Crippen molar-refractivity contribution in [2.75, 3.05) is 12.9 Å². The Morgan fingerprint density at radius 2 is 1.77 bits per heavy atom. The minimum atomic E-state index is -0.670. The van der Waals surface area contributed by atoms with Crippen molar-refractivity contribution in [1.82, 2.24) is 0 Å². The first-order chi connectivity index (χ1) is 12.4. The molecule has 0 saturated heterocycles. The van der Waals surface area contributed by atoms with Gasteiger partial charge in [0.15, 0.2) is 0 Å². The fraction of sp³-hybridized carbons (Fsp3) is 0.350. The van der Waals surface area contributed by atoms with Crippen LogP contribution in [0, 0.1) is 0 Å². The largest absolute Gasteiger partial charge is 0.497 e. The van der Waals surface area contributed by atoms with Gasteiger partial charge in [-0.1, -0.05) is 31.2 Å². The first-order valence-electron chi connectivity index (χ1n) is 8.42. The smallest absolute Gasteiger partial charge is 0.374 e. The number of carbonyl (C=O) groups is 3. The lowest BCUT2D eigenvalue weighted by molar-refractivity contribution is -0.137. The highest BCUT2D eigenvalue weighted by molar-refractivity contribution is 8.13. The number of hydrogen-bond acceptors (Lipinski definition) is 6. The standard InChI is InChI=1S/C20H22O5S/c1-4-17(21)9-10-26-20(23)25-19(22)13(2)14-5-6-16-12-18(24-3)8-7-15(16)11-14/h5-8,11-13H,4,9-10H2,1-3H3/t13-/m0/s1. The number of rotatable bonds is 7. The molecule has 0 aliphatic carbocycles. The monoisotopic (exact) mass is 374 g/mol. The van der Waals surface area contributed by atoms with Crippen LogP contribution in [0.5, 0.6) is 5.75 Å². The van der Waals surface area contributed by atoms with Crippen LogP contribution in [0.3, 0.4) is 0 Å². The Morgan fingerprint density at radius 3 is 2.46 bits per heavy atom. The van der Waals surface area contributed by atoms with E-state index in [1.807, 2.05) is 36.4 Å². The summed E-state index contributed by atoms with van der Waals surface area (Å²) in [6.45, 7) is 3.47. The summed E-state index contributed by atoms with van der Waals surface area (Å²) in [7, 11) is 1.61. The maximum absolute atomic E-state index is 12.2. The summed E-state index contributed by atoms with van der Waals surface area (Å²) >= 11 is 0.851. The van der Waals surface area contributed by atoms with Crippen LogP contribution in [0.2, 0.25) is 0 Å². The zero-order chi connectivity index (χ0) is 19.1. The molecule has 1 atom stereocenters. The molecule has 6 heteroatoms. The predicted octanol–water partition coefficient (Wildman–Crippen LogP) is 4.72. The first kappa shape index (κ1) is 20.0. The van der Waals surface area contributed by atoms with Crippen LogP contribution >= 0.6 is 11.8 Å². The van der Waals surface area contributed by atoms with Gasteiger partial charge in [-0.3, -0.25) is 9.59 Å². The zero-order valence-electron chi connectivity index (χ0n) is 15.1. The van der Waals surface area contributed by atoms with Gasteiger partial charge in [0, 0.05) is 18.6 Å². The molecule has 0 radical (unpaired) electrons. The third-order valence-electron chi connectivity index (χ3n) is 4.10. The number of fused-ring (bicyclic) bond motifs is 1. The Bertz CT molecular complexity index is 815. The molecule has 138 valence electrons. The second-order valence-corrected chi connectivity index (χ2v) is 6.89. The van der Waals surface area contributed by atoms with E-state index in [0.29, 0.717) is 18.6 Å². The maximum atomic E-state index is 12.2. The van der Waals surface area contributed by atoms with Gasteiger partial charge >= 0.3 is 11.3 Å². The number of thioether (sulfide) groups is 1. The van der Waals surface area contributed by atoms with E-state index < -0.39 is 17.2 Å². The average molecular weight is 374 g/mol. The van der Waals surface area contributed by atoms with E-state index in [-0.39, 0.29) is 5.78 Å². The maximum Gasteiger partial charge on any atom is 0.374 e. The topological polar surface area (TPSA) is 69.7 Å². The van der Waals surface area contributed by atoms with E-state index in [4.69, 9.17) is 9.47 Å². The number of methoxy groups -OCH3 is 1. The summed E-state index contributed by atoms with van der Waals surface area (Å²) in [4.78, 5) is 35.2. The Morgan fingerprint density at radius 1 is 1.08 bits per heavy atom. The summed E-state index contributed by atoms with van der Waals surface area (Å²) in [5, 5.41) is 1.30. The van der Waals surface area contributed by atoms with Gasteiger partial charge in [-0.2, -0.15) is 0 Å². The van der Waals surface area contributed by atoms with Crippen LogP contribution < -0.4 is 4.74 Å². The molecule has 0 unspecified atom stereocenters. The van der Waals surface area contributed by atoms with Crippen molar-refractivity contribution in [3.63, 3.8) is 0 Å². The second-order valence-electron chi connectivity index (χ2n) is 5.86. The summed E-state index contributed by atoms with van der Waals surface area (Å²) in [6.07, 6.45) is 0.744. The molecule has 0 spiro atoms. The highest BCUT2D eigenvalue weighted by Gasteiger charge is 2.21. The lowest BCUT2D eigenvalue weighted by Gasteiger charge is -2.12. The van der Waals surface area contributed by atoms with E-state index in [2.05, 4.69) is 0 Å². The van der Waals surface area contributed by atoms with Crippen LogP contribution in [-0.2, 0) is 14.3 Å². The lowest BCUT2D eigenvalue weighted by Crippen LogP contribution is -2.16. The Kier molecular flexibility index (Phi) is 7.21. The highest BCUT2D eigenvalue weighted by Crippen LogP contribution is 2.26. The number of ether oxygens (including phenoxy) is 2. The third-order valence-corrected chi connectivity index (χ3v) is 4.83. The summed E-state index contributed by atoms with van der Waals surface area (Å²) < 4.78 is 10.1. The normalized spacial score (nSPS) is 11.8. The molecule has 2 rings (SSSR count). The number of carbonyl (C=O) groups excluding carboxylic acids is 3. The minimum absolute atomic E-state index is 0.0813. The third kappa shape index (κ3) is 5.33. The highest BCUT2D eigenvalue weighted by atomic mass is 32.2. The number of ketones is 1. The summed E-state index contributed by atoms with van der Waals surface area (Å²) in [5.41, 5.74) is 0.770. The molecule has 0 aliphatic heterocycles. The van der Waals surface area contributed by atoms with Gasteiger partial charge in [0.05, 0.1) is 13.0 Å². The molecule has 0 N–H and O–H groups in total. The van der Waals surface area contributed by atoms with Crippen molar-refractivity contribution in [3.8, 4) is 5.75 Å². The number of esters is 1. The molecule has 2 aromatic rings. The molecule has 0 saturated carbocycles. The Labute approximate surface area is 157 Å². The van der Waals surface area contributed by atoms with E-state index in [1.165, 1.54) is 0 Å². The molecule has 0 aliphatic rings. The van der Waals surface area contributed by atoms with Gasteiger partial charge in [0.1, 0.15) is 11.5 Å². The van der Waals surface area contributed by atoms with Crippen molar-refractivity contribution in [1.29, 1.82) is 0 Å². The first-order valence-corrected chi connectivity index (χ1v) is 9.41. The molecule has 26 heavy (non-hydrogen) atoms. The van der Waals surface area contributed by atoms with Gasteiger partial charge in [-0.25, -0.2) is 4.79 Å². The van der Waals surface area contributed by atoms with Crippen LogP contribution in [0.4, 0.5) is 4.79 Å². The van der Waals surface area contributed by atoms with Crippen molar-refractivity contribution in [2.24, 2.45) is 0 Å². The molecule has 0 fully saturated rings. The zero-order valence-corrected chi connectivity index (χ0v) is 15.9. The molecule has 0 bridgehead atoms. The molecule has 0 amide bonds. The van der Waals surface area contributed by atoms with Gasteiger partial charge in [0.25, 0.3) is 0 Å². The Balaban J connectivity index is 1.97. The van der Waals surface area contributed by atoms with Crippen LogP contribution in [0.25, 0.3) is 10.8 Å². The van der Waals surface area contributed by atoms with Crippen LogP contribution in [0.15, 0.2) is 36.4 Å². The molecular formula is C20H22O5S. The van der Waals surface area contributed by atoms with E-state index in [0.717, 1.165) is 33.8 Å². The van der Waals surface area contributed by atoms with Crippen molar-refractivity contribution >= 4 is 39.6 Å². The average Bonchev–Trinajstić information content (AvgIpc) is 2.66. The van der Waals surface area contributed by atoms with E-state index >= 15 is 0 Å². The van der Waals surface area contributed by atoms with Gasteiger partial charge < -0.3 is 9.47 Å². The van der Waals surface area contributed by atoms with Gasteiger partial charge in [0.2, 0.25) is 0 Å². The molecular weight excluding hydrogens is 352 g/mol. The van der Waals surface area contributed by atoms with E-state index in [1.54, 1.807) is 21.0 Å². The fourth-order valence-electron chi connectivity index (χ4n) is 2.40. The van der Waals surface area contributed by atoms with Crippen molar-refractivity contribution in [3.05, 3.63) is 42.0 Å². The number of hydrogen-bond donors (Lipinski definition) is 0. The predicted molar refractivity (Wildman–Crippen MR) is 103 cm³/mol. The molecule has 5 nitrogen and oxygen atoms in total. The number of benzene rings is 2. The molecule has 0 heterocycles. The molecule has 2 aromatic carbocycles. The van der Waals surface area contributed by atoms with Crippen molar-refractivity contribution < 1.29 is 23.9 Å². The summed E-state index contributed by atoms with van der Waals surface area (Å²) in [6, 6.07) is 11.3. The SMILES string of the molecule is CCC(=O)CCSC(=O)OC(=O)[C@@H](C)c1ccc2cc(OC)ccc2c1. The number of Topliss-reactive ketones (excluding diaryl/α,β-unsaturated/α-hetero) is 1. The van der Waals surface area contributed by atoms with E-state index in [9.17, 15) is 14.4 Å². The van der Waals surface area contributed by atoms with Crippen LogP contribution in [0.1, 0.15) is 38.2 Å². The lowest BCUT2D eigenvalue weighted by atomic mass is 9.98. The van der Waals surface area contributed by atoms with Gasteiger partial charge in [-0.05, 0) is 47.2 Å². The molecule has 0 aromatic heterocycles. The fourth-order valence-corrected chi connectivity index (χ4v) is 3.04. The summed E-state index contributed by atoms with van der Waals surface area (Å²) in [5.74, 6) is 0.00510. The second kappa shape index (κ2) is 9.38. The minimum Gasteiger partial charge on any atom is -0.497 e. The van der Waals surface area contributed by atoms with Gasteiger partial charge in [-0.15, -0.1) is 0 Å².